The summed E-state index contributed by atoms with van der Waals surface area (Å²) < 4.78 is 18.6. The number of nitrogens with zero attached hydrogens (tertiary/aromatic N) is 3. The number of para-hydroxylation sites is 1. The van der Waals surface area contributed by atoms with Crippen molar-refractivity contribution in [1.82, 2.24) is 4.90 Å². The average molecular weight is 437 g/mol. The largest absolute Gasteiger partial charge is 0.378 e. The fourth-order valence-corrected chi connectivity index (χ4v) is 4.85. The fourth-order valence-electron chi connectivity index (χ4n) is 3.55. The first-order valence-electron chi connectivity index (χ1n) is 9.90. The highest BCUT2D eigenvalue weighted by molar-refractivity contribution is 8.05. The van der Waals surface area contributed by atoms with Crippen molar-refractivity contribution in [3.05, 3.63) is 76.6 Å². The molecule has 0 aliphatic carbocycles. The SMILES string of the molecule is N#CC(C(=O)N1CCOCC1)=C1SC(Cc2ccc(F)cc2)C(=O)N1c1ccccc1. The number of benzene rings is 2. The maximum Gasteiger partial charge on any atom is 0.267 e. The van der Waals surface area contributed by atoms with Crippen LogP contribution < -0.4 is 4.90 Å². The van der Waals surface area contributed by atoms with Gasteiger partial charge in [0.2, 0.25) is 5.91 Å². The predicted octanol–water partition coefficient (Wildman–Crippen LogP) is 3.11. The average Bonchev–Trinajstić information content (AvgIpc) is 3.12. The van der Waals surface area contributed by atoms with Gasteiger partial charge in [-0.15, -0.1) is 0 Å². The summed E-state index contributed by atoms with van der Waals surface area (Å²) in [6, 6.07) is 17.0. The molecule has 0 radical (unpaired) electrons. The first-order chi connectivity index (χ1) is 15.1. The molecular weight excluding hydrogens is 417 g/mol. The van der Waals surface area contributed by atoms with Gasteiger partial charge in [-0.2, -0.15) is 5.26 Å². The van der Waals surface area contributed by atoms with Crippen LogP contribution in [-0.2, 0) is 20.7 Å². The third kappa shape index (κ3) is 4.48. The van der Waals surface area contributed by atoms with Gasteiger partial charge in [-0.05, 0) is 36.2 Å². The van der Waals surface area contributed by atoms with E-state index in [1.54, 1.807) is 41.3 Å². The van der Waals surface area contributed by atoms with Crippen LogP contribution in [0.3, 0.4) is 0 Å². The van der Waals surface area contributed by atoms with Gasteiger partial charge in [-0.25, -0.2) is 4.39 Å². The van der Waals surface area contributed by atoms with Gasteiger partial charge in [0, 0.05) is 18.8 Å². The van der Waals surface area contributed by atoms with Crippen LogP contribution in [0.4, 0.5) is 10.1 Å². The zero-order valence-corrected chi connectivity index (χ0v) is 17.5. The van der Waals surface area contributed by atoms with Crippen molar-refractivity contribution in [2.45, 2.75) is 11.7 Å². The first-order valence-corrected chi connectivity index (χ1v) is 10.8. The lowest BCUT2D eigenvalue weighted by atomic mass is 10.1. The molecule has 0 aromatic heterocycles. The highest BCUT2D eigenvalue weighted by Gasteiger charge is 2.41. The van der Waals surface area contributed by atoms with Crippen LogP contribution in [0.5, 0.6) is 0 Å². The van der Waals surface area contributed by atoms with E-state index in [1.807, 2.05) is 12.1 Å². The van der Waals surface area contributed by atoms with Crippen molar-refractivity contribution in [3.8, 4) is 6.07 Å². The van der Waals surface area contributed by atoms with Crippen LogP contribution in [0.1, 0.15) is 5.56 Å². The van der Waals surface area contributed by atoms with E-state index in [1.165, 1.54) is 28.8 Å². The zero-order chi connectivity index (χ0) is 21.8. The maximum atomic E-state index is 13.3. The molecule has 2 fully saturated rings. The second-order valence-corrected chi connectivity index (χ2v) is 8.33. The molecule has 0 N–H and O–H groups in total. The van der Waals surface area contributed by atoms with Crippen LogP contribution in [0, 0.1) is 17.1 Å². The van der Waals surface area contributed by atoms with Crippen LogP contribution >= 0.6 is 11.8 Å². The molecule has 2 aromatic rings. The van der Waals surface area contributed by atoms with Crippen LogP contribution in [0.2, 0.25) is 0 Å². The van der Waals surface area contributed by atoms with Gasteiger partial charge < -0.3 is 9.64 Å². The minimum Gasteiger partial charge on any atom is -0.378 e. The van der Waals surface area contributed by atoms with Gasteiger partial charge in [0.25, 0.3) is 5.91 Å². The smallest absolute Gasteiger partial charge is 0.267 e. The number of hydrogen-bond donors (Lipinski definition) is 0. The molecule has 6 nitrogen and oxygen atoms in total. The third-order valence-electron chi connectivity index (χ3n) is 5.14. The lowest BCUT2D eigenvalue weighted by Crippen LogP contribution is -2.42. The summed E-state index contributed by atoms with van der Waals surface area (Å²) in [5, 5.41) is 9.67. The Balaban J connectivity index is 1.71. The molecule has 0 saturated carbocycles. The second kappa shape index (κ2) is 9.33. The van der Waals surface area contributed by atoms with E-state index in [-0.39, 0.29) is 17.3 Å². The number of halogens is 1. The first kappa shape index (κ1) is 21.1. The Kier molecular flexibility index (Phi) is 6.35. The molecule has 4 rings (SSSR count). The molecule has 31 heavy (non-hydrogen) atoms. The van der Waals surface area contributed by atoms with Gasteiger partial charge in [-0.1, -0.05) is 42.1 Å². The number of ether oxygens (including phenoxy) is 1. The lowest BCUT2D eigenvalue weighted by molar-refractivity contribution is -0.130. The molecule has 2 heterocycles. The summed E-state index contributed by atoms with van der Waals surface area (Å²) in [6.07, 6.45) is 0.362. The molecule has 2 amide bonds. The number of carbonyl (C=O) groups is 2. The third-order valence-corrected chi connectivity index (χ3v) is 6.40. The van der Waals surface area contributed by atoms with E-state index < -0.39 is 11.2 Å². The fraction of sp³-hybridized carbons (Fsp3) is 0.261. The minimum atomic E-state index is -0.526. The second-order valence-electron chi connectivity index (χ2n) is 7.14. The number of carbonyl (C=O) groups excluding carboxylic acids is 2. The van der Waals surface area contributed by atoms with Crippen LogP contribution in [0.25, 0.3) is 0 Å². The topological polar surface area (TPSA) is 73.6 Å². The van der Waals surface area contributed by atoms with Gasteiger partial charge in [-0.3, -0.25) is 14.5 Å². The maximum absolute atomic E-state index is 13.3. The van der Waals surface area contributed by atoms with Crippen molar-refractivity contribution in [2.24, 2.45) is 0 Å². The Morgan fingerprint density at radius 2 is 1.81 bits per heavy atom. The molecular formula is C23H20FN3O3S. The minimum absolute atomic E-state index is 0.0503. The molecule has 1 atom stereocenters. The standard InChI is InChI=1S/C23H20FN3O3S/c24-17-8-6-16(7-9-17)14-20-22(29)27(18-4-2-1-3-5-18)23(31-20)19(15-25)21(28)26-10-12-30-13-11-26/h1-9,20H,10-14H2. The van der Waals surface area contributed by atoms with Gasteiger partial charge in [0.1, 0.15) is 22.5 Å². The highest BCUT2D eigenvalue weighted by atomic mass is 32.2. The summed E-state index contributed by atoms with van der Waals surface area (Å²) >= 11 is 1.21. The number of nitriles is 1. The summed E-state index contributed by atoms with van der Waals surface area (Å²) in [5.74, 6) is -0.953. The molecule has 2 saturated heterocycles. The van der Waals surface area contributed by atoms with E-state index in [2.05, 4.69) is 0 Å². The van der Waals surface area contributed by atoms with Crippen molar-refractivity contribution in [3.63, 3.8) is 0 Å². The van der Waals surface area contributed by atoms with Crippen molar-refractivity contribution >= 4 is 29.3 Å². The van der Waals surface area contributed by atoms with E-state index in [4.69, 9.17) is 4.74 Å². The molecule has 0 bridgehead atoms. The zero-order valence-electron chi connectivity index (χ0n) is 16.7. The van der Waals surface area contributed by atoms with Gasteiger partial charge in [0.15, 0.2) is 0 Å². The van der Waals surface area contributed by atoms with Crippen LogP contribution in [-0.4, -0.2) is 48.3 Å². The molecule has 2 aliphatic rings. The number of anilines is 1. The summed E-state index contributed by atoms with van der Waals surface area (Å²) in [5.41, 5.74) is 1.35. The lowest BCUT2D eigenvalue weighted by Gasteiger charge is -2.27. The summed E-state index contributed by atoms with van der Waals surface area (Å²) in [6.45, 7) is 1.64. The predicted molar refractivity (Wildman–Crippen MR) is 115 cm³/mol. The monoisotopic (exact) mass is 437 g/mol. The number of rotatable bonds is 4. The molecule has 2 aromatic carbocycles. The van der Waals surface area contributed by atoms with Crippen molar-refractivity contribution in [2.75, 3.05) is 31.2 Å². The Morgan fingerprint density at radius 1 is 1.13 bits per heavy atom. The quantitative estimate of drug-likeness (QED) is 0.543. The van der Waals surface area contributed by atoms with Crippen molar-refractivity contribution < 1.29 is 18.7 Å². The van der Waals surface area contributed by atoms with Crippen molar-refractivity contribution in [1.29, 1.82) is 5.26 Å². The Labute approximate surface area is 183 Å². The van der Waals surface area contributed by atoms with E-state index in [9.17, 15) is 19.2 Å². The Morgan fingerprint density at radius 3 is 2.45 bits per heavy atom. The molecule has 0 spiro atoms. The van der Waals surface area contributed by atoms with E-state index in [0.717, 1.165) is 5.56 Å². The highest BCUT2D eigenvalue weighted by Crippen LogP contribution is 2.42. The molecule has 1 unspecified atom stereocenters. The van der Waals surface area contributed by atoms with Gasteiger partial charge >= 0.3 is 0 Å². The van der Waals surface area contributed by atoms with Gasteiger partial charge in [0.05, 0.1) is 18.5 Å². The van der Waals surface area contributed by atoms with E-state index in [0.29, 0.717) is 43.4 Å². The number of morpholine rings is 1. The summed E-state index contributed by atoms with van der Waals surface area (Å²) in [7, 11) is 0. The normalized spacial score (nSPS) is 20.5. The van der Waals surface area contributed by atoms with Crippen LogP contribution in [0.15, 0.2) is 65.2 Å². The summed E-state index contributed by atoms with van der Waals surface area (Å²) in [4.78, 5) is 29.5. The molecule has 8 heteroatoms. The Bertz CT molecular complexity index is 1040. The number of thioether (sulfide) groups is 1. The number of hydrogen-bond acceptors (Lipinski definition) is 5. The number of amides is 2. The molecule has 158 valence electrons. The molecule has 2 aliphatic heterocycles. The Hall–Kier alpha value is -3.15. The van der Waals surface area contributed by atoms with E-state index >= 15 is 0 Å².